The van der Waals surface area contributed by atoms with E-state index in [0.717, 1.165) is 12.3 Å². The number of alkyl halides is 3. The summed E-state index contributed by atoms with van der Waals surface area (Å²) >= 11 is 0. The van der Waals surface area contributed by atoms with Gasteiger partial charge in [-0.2, -0.15) is 13.2 Å². The predicted molar refractivity (Wildman–Crippen MR) is 69.5 cm³/mol. The van der Waals surface area contributed by atoms with Crippen molar-refractivity contribution in [1.29, 1.82) is 0 Å². The molecule has 0 unspecified atom stereocenters. The molecule has 0 heterocycles. The molecule has 0 spiro atoms. The molecule has 1 aliphatic rings. The predicted octanol–water partition coefficient (Wildman–Crippen LogP) is 2.83. The topological polar surface area (TPSA) is 50.4 Å². The van der Waals surface area contributed by atoms with Crippen molar-refractivity contribution < 1.29 is 22.7 Å². The minimum Gasteiger partial charge on any atom is -0.372 e. The fourth-order valence-corrected chi connectivity index (χ4v) is 2.32. The fourth-order valence-electron chi connectivity index (χ4n) is 2.32. The Hall–Kier alpha value is -0.980. The van der Waals surface area contributed by atoms with Crippen LogP contribution in [0.15, 0.2) is 0 Å². The van der Waals surface area contributed by atoms with Crippen LogP contribution in [0.25, 0.3) is 0 Å². The molecule has 1 fully saturated rings. The second-order valence-electron chi connectivity index (χ2n) is 5.14. The highest BCUT2D eigenvalue weighted by Crippen LogP contribution is 2.26. The molecule has 0 radical (unpaired) electrons. The van der Waals surface area contributed by atoms with E-state index in [1.807, 2.05) is 0 Å². The van der Waals surface area contributed by atoms with Gasteiger partial charge in [0, 0.05) is 19.7 Å². The van der Waals surface area contributed by atoms with Crippen LogP contribution in [0.4, 0.5) is 18.0 Å². The van der Waals surface area contributed by atoms with Crippen LogP contribution in [0.2, 0.25) is 0 Å². The van der Waals surface area contributed by atoms with Crippen LogP contribution in [0.5, 0.6) is 0 Å². The third-order valence-corrected chi connectivity index (χ3v) is 3.33. The van der Waals surface area contributed by atoms with E-state index in [4.69, 9.17) is 0 Å². The first-order valence-electron chi connectivity index (χ1n) is 7.13. The molecule has 0 aromatic carbocycles. The second kappa shape index (κ2) is 9.05. The Kier molecular flexibility index (Phi) is 7.72. The van der Waals surface area contributed by atoms with Crippen molar-refractivity contribution in [2.45, 2.75) is 44.7 Å². The average Bonchev–Trinajstić information content (AvgIpc) is 2.85. The van der Waals surface area contributed by atoms with Gasteiger partial charge in [-0.05, 0) is 18.8 Å². The van der Waals surface area contributed by atoms with E-state index in [1.165, 1.54) is 25.7 Å². The quantitative estimate of drug-likeness (QED) is 0.677. The Morgan fingerprint density at radius 1 is 1.15 bits per heavy atom. The van der Waals surface area contributed by atoms with Crippen LogP contribution in [0.3, 0.4) is 0 Å². The van der Waals surface area contributed by atoms with Crippen molar-refractivity contribution in [1.82, 2.24) is 10.6 Å². The number of rotatable bonds is 8. The maximum atomic E-state index is 11.8. The molecule has 0 aromatic heterocycles. The fraction of sp³-hybridized carbons (Fsp3) is 0.923. The molecule has 118 valence electrons. The van der Waals surface area contributed by atoms with E-state index < -0.39 is 12.8 Å². The summed E-state index contributed by atoms with van der Waals surface area (Å²) in [5.74, 6) is 0.728. The minimum absolute atomic E-state index is 0.0120. The molecular weight excluding hydrogens is 273 g/mol. The summed E-state index contributed by atoms with van der Waals surface area (Å²) in [4.78, 5) is 11.4. The smallest absolute Gasteiger partial charge is 0.372 e. The first-order chi connectivity index (χ1) is 9.47. The molecule has 0 saturated heterocycles. The third-order valence-electron chi connectivity index (χ3n) is 3.33. The van der Waals surface area contributed by atoms with Crippen molar-refractivity contribution in [2.24, 2.45) is 5.92 Å². The molecule has 2 amide bonds. The van der Waals surface area contributed by atoms with Gasteiger partial charge in [0.2, 0.25) is 0 Å². The zero-order chi connectivity index (χ0) is 14.8. The molecule has 4 nitrogen and oxygen atoms in total. The molecule has 1 rings (SSSR count). The molecule has 0 atom stereocenters. The summed E-state index contributed by atoms with van der Waals surface area (Å²) < 4.78 is 39.7. The van der Waals surface area contributed by atoms with Gasteiger partial charge in [0.25, 0.3) is 0 Å². The van der Waals surface area contributed by atoms with Crippen LogP contribution in [-0.2, 0) is 4.74 Å². The summed E-state index contributed by atoms with van der Waals surface area (Å²) in [5.41, 5.74) is 0. The van der Waals surface area contributed by atoms with Crippen LogP contribution in [0, 0.1) is 5.92 Å². The number of nitrogens with one attached hydrogen (secondary N) is 2. The SMILES string of the molecule is O=C(NCCCOCC(F)(F)F)NCCC1CCCC1. The summed E-state index contributed by atoms with van der Waals surface area (Å²) in [6.07, 6.45) is 2.16. The zero-order valence-corrected chi connectivity index (χ0v) is 11.6. The first kappa shape index (κ1) is 17.1. The lowest BCUT2D eigenvalue weighted by Crippen LogP contribution is -2.37. The molecule has 1 saturated carbocycles. The highest BCUT2D eigenvalue weighted by Gasteiger charge is 2.27. The van der Waals surface area contributed by atoms with Crippen molar-refractivity contribution >= 4 is 6.03 Å². The van der Waals surface area contributed by atoms with Crippen molar-refractivity contribution in [3.63, 3.8) is 0 Å². The van der Waals surface area contributed by atoms with Crippen LogP contribution >= 0.6 is 0 Å². The van der Waals surface area contributed by atoms with E-state index in [2.05, 4.69) is 15.4 Å². The van der Waals surface area contributed by atoms with E-state index in [9.17, 15) is 18.0 Å². The summed E-state index contributed by atoms with van der Waals surface area (Å²) in [5, 5.41) is 5.35. The molecule has 20 heavy (non-hydrogen) atoms. The number of hydrogen-bond donors (Lipinski definition) is 2. The van der Waals surface area contributed by atoms with Crippen LogP contribution < -0.4 is 10.6 Å². The number of carbonyl (C=O) groups is 1. The van der Waals surface area contributed by atoms with Gasteiger partial charge in [0.15, 0.2) is 0 Å². The number of carbonyl (C=O) groups excluding carboxylic acids is 1. The summed E-state index contributed by atoms with van der Waals surface area (Å²) in [6.45, 7) is -0.281. The van der Waals surface area contributed by atoms with Gasteiger partial charge in [-0.3, -0.25) is 0 Å². The lowest BCUT2D eigenvalue weighted by Gasteiger charge is -2.11. The lowest BCUT2D eigenvalue weighted by molar-refractivity contribution is -0.173. The minimum atomic E-state index is -4.29. The van der Waals surface area contributed by atoms with Gasteiger partial charge in [-0.15, -0.1) is 0 Å². The van der Waals surface area contributed by atoms with Gasteiger partial charge in [0.1, 0.15) is 6.61 Å². The standard InChI is InChI=1S/C13H23F3N2O2/c14-13(15,16)10-20-9-3-7-17-12(19)18-8-6-11-4-1-2-5-11/h11H,1-10H2,(H2,17,18,19). The van der Waals surface area contributed by atoms with Crippen molar-refractivity contribution in [2.75, 3.05) is 26.3 Å². The summed E-state index contributed by atoms with van der Waals surface area (Å²) in [6, 6.07) is -0.265. The van der Waals surface area contributed by atoms with Crippen LogP contribution in [0.1, 0.15) is 38.5 Å². The maximum absolute atomic E-state index is 11.8. The van der Waals surface area contributed by atoms with Crippen molar-refractivity contribution in [3.8, 4) is 0 Å². The molecular formula is C13H23F3N2O2. The van der Waals surface area contributed by atoms with Gasteiger partial charge < -0.3 is 15.4 Å². The Morgan fingerprint density at radius 2 is 1.80 bits per heavy atom. The number of ether oxygens (including phenoxy) is 1. The Labute approximate surface area is 117 Å². The van der Waals surface area contributed by atoms with E-state index >= 15 is 0 Å². The number of urea groups is 1. The highest BCUT2D eigenvalue weighted by atomic mass is 19.4. The first-order valence-corrected chi connectivity index (χ1v) is 7.13. The van der Waals surface area contributed by atoms with E-state index in [0.29, 0.717) is 19.5 Å². The molecule has 0 aliphatic heterocycles. The van der Waals surface area contributed by atoms with Crippen molar-refractivity contribution in [3.05, 3.63) is 0 Å². The average molecular weight is 296 g/mol. The van der Waals surface area contributed by atoms with Crippen LogP contribution in [-0.4, -0.2) is 38.5 Å². The van der Waals surface area contributed by atoms with E-state index in [-0.39, 0.29) is 12.6 Å². The Balaban J connectivity index is 1.87. The molecule has 0 bridgehead atoms. The highest BCUT2D eigenvalue weighted by molar-refractivity contribution is 5.73. The van der Waals surface area contributed by atoms with Gasteiger partial charge in [0.05, 0.1) is 0 Å². The monoisotopic (exact) mass is 296 g/mol. The molecule has 7 heteroatoms. The number of amides is 2. The molecule has 0 aromatic rings. The number of hydrogen-bond acceptors (Lipinski definition) is 2. The second-order valence-corrected chi connectivity index (χ2v) is 5.14. The van der Waals surface area contributed by atoms with E-state index in [1.54, 1.807) is 0 Å². The number of halogens is 3. The summed E-state index contributed by atoms with van der Waals surface area (Å²) in [7, 11) is 0. The van der Waals surface area contributed by atoms with Gasteiger partial charge >= 0.3 is 12.2 Å². The third kappa shape index (κ3) is 9.01. The van der Waals surface area contributed by atoms with Gasteiger partial charge in [-0.25, -0.2) is 4.79 Å². The largest absolute Gasteiger partial charge is 0.411 e. The molecule has 1 aliphatic carbocycles. The molecule has 2 N–H and O–H groups in total. The zero-order valence-electron chi connectivity index (χ0n) is 11.6. The lowest BCUT2D eigenvalue weighted by atomic mass is 10.0. The normalized spacial score (nSPS) is 16.4. The van der Waals surface area contributed by atoms with Gasteiger partial charge in [-0.1, -0.05) is 25.7 Å². The Bertz CT molecular complexity index is 279. The Morgan fingerprint density at radius 3 is 2.45 bits per heavy atom. The maximum Gasteiger partial charge on any atom is 0.411 e.